The molecule has 3 aromatic carbocycles. The number of para-hydroxylation sites is 2. The first-order valence-electron chi connectivity index (χ1n) is 12.5. The van der Waals surface area contributed by atoms with E-state index in [1.165, 1.54) is 0 Å². The third kappa shape index (κ3) is 6.74. The number of hydrogen-bond acceptors (Lipinski definition) is 5. The molecule has 0 aromatic heterocycles. The van der Waals surface area contributed by atoms with E-state index in [9.17, 15) is 9.59 Å². The molecular formula is C29H33ClN4O3. The molecule has 1 fully saturated rings. The Hall–Kier alpha value is -3.71. The second kappa shape index (κ2) is 12.5. The van der Waals surface area contributed by atoms with Crippen LogP contribution >= 0.6 is 11.6 Å². The summed E-state index contributed by atoms with van der Waals surface area (Å²) in [4.78, 5) is 30.0. The molecule has 0 bridgehead atoms. The first kappa shape index (κ1) is 26.4. The van der Waals surface area contributed by atoms with Gasteiger partial charge in [0.25, 0.3) is 5.91 Å². The van der Waals surface area contributed by atoms with Gasteiger partial charge in [-0.05, 0) is 49.2 Å². The van der Waals surface area contributed by atoms with Gasteiger partial charge in [-0.1, -0.05) is 42.5 Å². The number of rotatable bonds is 9. The Kier molecular flexibility index (Phi) is 8.90. The lowest BCUT2D eigenvalue weighted by molar-refractivity contribution is -0.115. The van der Waals surface area contributed by atoms with Crippen LogP contribution in [0, 0.1) is 0 Å². The van der Waals surface area contributed by atoms with Crippen LogP contribution in [0.25, 0.3) is 0 Å². The maximum absolute atomic E-state index is 13.3. The highest BCUT2D eigenvalue weighted by Crippen LogP contribution is 2.31. The molecule has 0 spiro atoms. The molecule has 1 aliphatic rings. The number of hydrogen-bond donors (Lipinski definition) is 2. The zero-order valence-corrected chi connectivity index (χ0v) is 22.0. The van der Waals surface area contributed by atoms with Gasteiger partial charge in [0.15, 0.2) is 0 Å². The second-order valence-corrected chi connectivity index (χ2v) is 9.63. The van der Waals surface area contributed by atoms with Gasteiger partial charge < -0.3 is 25.2 Å². The summed E-state index contributed by atoms with van der Waals surface area (Å²) in [5.74, 6) is 0.367. The van der Waals surface area contributed by atoms with E-state index in [0.717, 1.165) is 55.3 Å². The van der Waals surface area contributed by atoms with Crippen molar-refractivity contribution < 1.29 is 14.3 Å². The minimum atomic E-state index is -0.675. The second-order valence-electron chi connectivity index (χ2n) is 8.97. The molecular weight excluding hydrogens is 488 g/mol. The molecule has 0 aliphatic carbocycles. The minimum absolute atomic E-state index is 0.173. The SMILES string of the molecule is COc1ccccc1N1CCN(c2ccc(NC(=O)C(C)Cl)cc2C(=O)NCCc2ccccc2)CC1. The van der Waals surface area contributed by atoms with Crippen LogP contribution in [0.3, 0.4) is 0 Å². The lowest BCUT2D eigenvalue weighted by atomic mass is 10.1. The van der Waals surface area contributed by atoms with Crippen LogP contribution in [0.4, 0.5) is 17.1 Å². The molecule has 1 aliphatic heterocycles. The smallest absolute Gasteiger partial charge is 0.253 e. The molecule has 194 valence electrons. The lowest BCUT2D eigenvalue weighted by Gasteiger charge is -2.38. The molecule has 1 unspecified atom stereocenters. The Morgan fingerprint density at radius 2 is 1.57 bits per heavy atom. The van der Waals surface area contributed by atoms with Gasteiger partial charge in [-0.25, -0.2) is 0 Å². The highest BCUT2D eigenvalue weighted by molar-refractivity contribution is 6.32. The molecule has 4 rings (SSSR count). The maximum Gasteiger partial charge on any atom is 0.253 e. The van der Waals surface area contributed by atoms with Crippen LogP contribution in [0.5, 0.6) is 5.75 Å². The fraction of sp³-hybridized carbons (Fsp3) is 0.310. The largest absolute Gasteiger partial charge is 0.495 e. The number of benzene rings is 3. The van der Waals surface area contributed by atoms with Crippen molar-refractivity contribution in [1.82, 2.24) is 5.32 Å². The van der Waals surface area contributed by atoms with Crippen molar-refractivity contribution in [2.45, 2.75) is 18.7 Å². The fourth-order valence-corrected chi connectivity index (χ4v) is 4.51. The summed E-state index contributed by atoms with van der Waals surface area (Å²) in [6.07, 6.45) is 0.736. The molecule has 1 heterocycles. The van der Waals surface area contributed by atoms with E-state index < -0.39 is 5.38 Å². The van der Waals surface area contributed by atoms with Crippen LogP contribution in [0.1, 0.15) is 22.8 Å². The highest BCUT2D eigenvalue weighted by atomic mass is 35.5. The van der Waals surface area contributed by atoms with Crippen LogP contribution in [-0.2, 0) is 11.2 Å². The molecule has 3 aromatic rings. The number of amides is 2. The van der Waals surface area contributed by atoms with Crippen molar-refractivity contribution in [3.63, 3.8) is 0 Å². The summed E-state index contributed by atoms with van der Waals surface area (Å²) in [6.45, 7) is 5.19. The Morgan fingerprint density at radius 3 is 2.24 bits per heavy atom. The number of nitrogens with one attached hydrogen (secondary N) is 2. The Balaban J connectivity index is 1.50. The Bertz CT molecular complexity index is 1210. The zero-order valence-electron chi connectivity index (χ0n) is 21.2. The number of ether oxygens (including phenoxy) is 1. The molecule has 1 atom stereocenters. The normalized spacial score (nSPS) is 14.1. The third-order valence-corrected chi connectivity index (χ3v) is 6.66. The standard InChI is InChI=1S/C29H33ClN4O3/c1-21(30)28(35)32-23-12-13-25(24(20-23)29(36)31-15-14-22-8-4-3-5-9-22)33-16-18-34(19-17-33)26-10-6-7-11-27(26)37-2/h3-13,20-21H,14-19H2,1-2H3,(H,31,36)(H,32,35). The topological polar surface area (TPSA) is 73.9 Å². The van der Waals surface area contributed by atoms with Crippen molar-refractivity contribution in [3.8, 4) is 5.75 Å². The number of carbonyl (C=O) groups excluding carboxylic acids is 2. The predicted octanol–water partition coefficient (Wildman–Crippen LogP) is 4.56. The Labute approximate surface area is 223 Å². The molecule has 8 heteroatoms. The van der Waals surface area contributed by atoms with Crippen molar-refractivity contribution in [1.29, 1.82) is 0 Å². The summed E-state index contributed by atoms with van der Waals surface area (Å²) < 4.78 is 5.54. The van der Waals surface area contributed by atoms with Crippen LogP contribution < -0.4 is 25.2 Å². The van der Waals surface area contributed by atoms with E-state index in [1.807, 2.05) is 60.7 Å². The number of alkyl halides is 1. The molecule has 1 saturated heterocycles. The molecule has 2 amide bonds. The van der Waals surface area contributed by atoms with Crippen molar-refractivity contribution >= 4 is 40.5 Å². The van der Waals surface area contributed by atoms with Crippen molar-refractivity contribution in [3.05, 3.63) is 83.9 Å². The molecule has 7 nitrogen and oxygen atoms in total. The molecule has 0 saturated carbocycles. The van der Waals surface area contributed by atoms with E-state index in [4.69, 9.17) is 16.3 Å². The van der Waals surface area contributed by atoms with Gasteiger partial charge in [0.1, 0.15) is 11.1 Å². The monoisotopic (exact) mass is 520 g/mol. The fourth-order valence-electron chi connectivity index (χ4n) is 4.45. The number of piperazine rings is 1. The lowest BCUT2D eigenvalue weighted by Crippen LogP contribution is -2.47. The predicted molar refractivity (Wildman–Crippen MR) is 150 cm³/mol. The number of methoxy groups -OCH3 is 1. The highest BCUT2D eigenvalue weighted by Gasteiger charge is 2.24. The van der Waals surface area contributed by atoms with Crippen molar-refractivity contribution in [2.24, 2.45) is 0 Å². The summed E-state index contributed by atoms with van der Waals surface area (Å²) in [5, 5.41) is 5.17. The van der Waals surface area contributed by atoms with Gasteiger partial charge in [0, 0.05) is 44.1 Å². The third-order valence-electron chi connectivity index (χ3n) is 6.46. The van der Waals surface area contributed by atoms with Gasteiger partial charge in [0.2, 0.25) is 5.91 Å². The first-order chi connectivity index (χ1) is 18.0. The van der Waals surface area contributed by atoms with Gasteiger partial charge in [-0.3, -0.25) is 9.59 Å². The first-order valence-corrected chi connectivity index (χ1v) is 12.9. The van der Waals surface area contributed by atoms with Crippen molar-refractivity contribution in [2.75, 3.05) is 55.0 Å². The maximum atomic E-state index is 13.3. The van der Waals surface area contributed by atoms with E-state index in [2.05, 4.69) is 26.5 Å². The number of anilines is 3. The molecule has 0 radical (unpaired) electrons. The van der Waals surface area contributed by atoms with Crippen LogP contribution in [0.15, 0.2) is 72.8 Å². The van der Waals surface area contributed by atoms with Gasteiger partial charge in [0.05, 0.1) is 18.4 Å². The van der Waals surface area contributed by atoms with E-state index >= 15 is 0 Å². The summed E-state index contributed by atoms with van der Waals surface area (Å²) in [5.41, 5.74) is 4.14. The summed E-state index contributed by atoms with van der Waals surface area (Å²) in [7, 11) is 1.68. The molecule has 37 heavy (non-hydrogen) atoms. The zero-order chi connectivity index (χ0) is 26.2. The average molecular weight is 521 g/mol. The molecule has 2 N–H and O–H groups in total. The summed E-state index contributed by atoms with van der Waals surface area (Å²) >= 11 is 5.93. The van der Waals surface area contributed by atoms with E-state index in [0.29, 0.717) is 17.8 Å². The van der Waals surface area contributed by atoms with E-state index in [-0.39, 0.29) is 11.8 Å². The van der Waals surface area contributed by atoms with Crippen LogP contribution in [0.2, 0.25) is 0 Å². The number of nitrogens with zero attached hydrogens (tertiary/aromatic N) is 2. The quantitative estimate of drug-likeness (QED) is 0.405. The number of carbonyl (C=O) groups is 2. The summed E-state index contributed by atoms with van der Waals surface area (Å²) in [6, 6.07) is 23.5. The number of halogens is 1. The van der Waals surface area contributed by atoms with E-state index in [1.54, 1.807) is 20.1 Å². The van der Waals surface area contributed by atoms with Gasteiger partial charge in [-0.15, -0.1) is 11.6 Å². The average Bonchev–Trinajstić information content (AvgIpc) is 2.93. The van der Waals surface area contributed by atoms with Gasteiger partial charge >= 0.3 is 0 Å². The van der Waals surface area contributed by atoms with Gasteiger partial charge in [-0.2, -0.15) is 0 Å². The Morgan fingerprint density at radius 1 is 0.919 bits per heavy atom. The minimum Gasteiger partial charge on any atom is -0.495 e. The van der Waals surface area contributed by atoms with Crippen LogP contribution in [-0.4, -0.2) is 57.0 Å².